The van der Waals surface area contributed by atoms with Crippen LogP contribution in [0, 0.1) is 0 Å². The van der Waals surface area contributed by atoms with Gasteiger partial charge in [0.2, 0.25) is 0 Å². The van der Waals surface area contributed by atoms with Crippen LogP contribution in [0.1, 0.15) is 27.7 Å². The lowest BCUT2D eigenvalue weighted by molar-refractivity contribution is -0.145. The van der Waals surface area contributed by atoms with Crippen molar-refractivity contribution in [2.45, 2.75) is 57.0 Å². The van der Waals surface area contributed by atoms with Gasteiger partial charge in [0.15, 0.2) is 5.79 Å². The SMILES string of the molecule is C[C@H]([C@@H]1OC(C)(C)O[C@H]1[C@H](C)P(c1ccccc1)c1ccccc1)P(c1ccccc1)c1ccccc1. The Labute approximate surface area is 224 Å². The van der Waals surface area contributed by atoms with Gasteiger partial charge in [0.05, 0.1) is 12.2 Å². The summed E-state index contributed by atoms with van der Waals surface area (Å²) in [5.41, 5.74) is 0.551. The van der Waals surface area contributed by atoms with Crippen LogP contribution < -0.4 is 21.2 Å². The summed E-state index contributed by atoms with van der Waals surface area (Å²) >= 11 is 0. The van der Waals surface area contributed by atoms with E-state index in [0.717, 1.165) is 0 Å². The van der Waals surface area contributed by atoms with Crippen molar-refractivity contribution in [3.05, 3.63) is 121 Å². The van der Waals surface area contributed by atoms with Crippen LogP contribution in [0.4, 0.5) is 0 Å². The second kappa shape index (κ2) is 11.6. The fraction of sp³-hybridized carbons (Fsp3) is 0.273. The first-order valence-electron chi connectivity index (χ1n) is 13.1. The maximum atomic E-state index is 6.79. The number of hydrogen-bond acceptors (Lipinski definition) is 2. The van der Waals surface area contributed by atoms with E-state index in [1.54, 1.807) is 0 Å². The monoisotopic (exact) mass is 526 g/mol. The highest BCUT2D eigenvalue weighted by atomic mass is 31.1. The van der Waals surface area contributed by atoms with E-state index < -0.39 is 21.6 Å². The van der Waals surface area contributed by atoms with Gasteiger partial charge in [0.25, 0.3) is 0 Å². The second-order valence-corrected chi connectivity index (χ2v) is 15.3. The molecule has 190 valence electrons. The van der Waals surface area contributed by atoms with Gasteiger partial charge in [-0.2, -0.15) is 0 Å². The summed E-state index contributed by atoms with van der Waals surface area (Å²) in [5, 5.41) is 5.52. The van der Waals surface area contributed by atoms with Crippen molar-refractivity contribution in [2.24, 2.45) is 0 Å². The van der Waals surface area contributed by atoms with Crippen LogP contribution in [-0.4, -0.2) is 29.3 Å². The van der Waals surface area contributed by atoms with Crippen molar-refractivity contribution in [1.29, 1.82) is 0 Å². The molecule has 0 spiro atoms. The number of benzene rings is 4. The Kier molecular flexibility index (Phi) is 8.23. The van der Waals surface area contributed by atoms with Crippen LogP contribution in [0.2, 0.25) is 0 Å². The molecule has 0 amide bonds. The predicted octanol–water partition coefficient (Wildman–Crippen LogP) is 6.55. The summed E-state index contributed by atoms with van der Waals surface area (Å²) in [5.74, 6) is -0.624. The van der Waals surface area contributed by atoms with Crippen LogP contribution in [0.25, 0.3) is 0 Å². The second-order valence-electron chi connectivity index (χ2n) is 10.1. The molecule has 0 radical (unpaired) electrons. The van der Waals surface area contributed by atoms with Gasteiger partial charge in [0.1, 0.15) is 0 Å². The molecule has 1 heterocycles. The Morgan fingerprint density at radius 1 is 0.486 bits per heavy atom. The van der Waals surface area contributed by atoms with Crippen molar-refractivity contribution < 1.29 is 9.47 Å². The molecule has 1 aliphatic heterocycles. The third-order valence-electron chi connectivity index (χ3n) is 7.07. The largest absolute Gasteiger partial charge is 0.344 e. The first-order chi connectivity index (χ1) is 17.9. The third kappa shape index (κ3) is 5.89. The van der Waals surface area contributed by atoms with E-state index in [1.165, 1.54) is 21.2 Å². The third-order valence-corrected chi connectivity index (χ3v) is 12.7. The van der Waals surface area contributed by atoms with Crippen molar-refractivity contribution in [3.8, 4) is 0 Å². The zero-order valence-corrected chi connectivity index (χ0v) is 23.9. The van der Waals surface area contributed by atoms with Crippen molar-refractivity contribution in [1.82, 2.24) is 0 Å². The lowest BCUT2D eigenvalue weighted by Gasteiger charge is -2.36. The summed E-state index contributed by atoms with van der Waals surface area (Å²) in [4.78, 5) is 0. The van der Waals surface area contributed by atoms with E-state index in [4.69, 9.17) is 9.47 Å². The molecule has 1 saturated heterocycles. The highest BCUT2D eigenvalue weighted by molar-refractivity contribution is 7.74. The summed E-state index contributed by atoms with van der Waals surface area (Å²) in [6.07, 6.45) is -0.0390. The van der Waals surface area contributed by atoms with Crippen LogP contribution >= 0.6 is 15.8 Å². The molecule has 4 heteroatoms. The molecule has 2 nitrogen and oxygen atoms in total. The molecular weight excluding hydrogens is 490 g/mol. The highest BCUT2D eigenvalue weighted by Gasteiger charge is 2.49. The lowest BCUT2D eigenvalue weighted by atomic mass is 10.1. The zero-order valence-electron chi connectivity index (χ0n) is 22.1. The first-order valence-corrected chi connectivity index (χ1v) is 15.9. The maximum absolute atomic E-state index is 6.79. The van der Waals surface area contributed by atoms with E-state index in [0.29, 0.717) is 0 Å². The first kappa shape index (κ1) is 26.3. The average molecular weight is 527 g/mol. The smallest absolute Gasteiger partial charge is 0.163 e. The normalized spacial score (nSPS) is 20.7. The minimum atomic E-state index is -0.642. The zero-order chi connectivity index (χ0) is 25.8. The molecule has 1 fully saturated rings. The Balaban J connectivity index is 1.55. The predicted molar refractivity (Wildman–Crippen MR) is 161 cm³/mol. The molecule has 0 N–H and O–H groups in total. The Morgan fingerprint density at radius 2 is 0.730 bits per heavy atom. The standard InChI is InChI=1S/C33H36O2P2/c1-25(36(27-17-9-5-10-18-27)28-19-11-6-12-20-28)31-32(35-33(3,4)34-31)26(2)37(29-21-13-7-14-22-29)30-23-15-8-16-24-30/h5-26,31-32H,1-4H3/t25-,26+,31-,32-/m0/s1. The van der Waals surface area contributed by atoms with E-state index in [9.17, 15) is 0 Å². The van der Waals surface area contributed by atoms with Gasteiger partial charge in [-0.15, -0.1) is 0 Å². The van der Waals surface area contributed by atoms with E-state index >= 15 is 0 Å². The minimum absolute atomic E-state index is 0.0195. The van der Waals surface area contributed by atoms with Crippen LogP contribution in [0.15, 0.2) is 121 Å². The highest BCUT2D eigenvalue weighted by Crippen LogP contribution is 2.51. The molecule has 4 aromatic rings. The quantitative estimate of drug-likeness (QED) is 0.243. The molecule has 5 rings (SSSR count). The average Bonchev–Trinajstić information content (AvgIpc) is 3.27. The minimum Gasteiger partial charge on any atom is -0.344 e. The molecule has 0 saturated carbocycles. The summed E-state index contributed by atoms with van der Waals surface area (Å²) in [7, 11) is -1.28. The number of rotatable bonds is 8. The topological polar surface area (TPSA) is 18.5 Å². The number of hydrogen-bond donors (Lipinski definition) is 0. The van der Waals surface area contributed by atoms with Gasteiger partial charge >= 0.3 is 0 Å². The van der Waals surface area contributed by atoms with E-state index in [1.807, 2.05) is 0 Å². The fourth-order valence-electron chi connectivity index (χ4n) is 5.45. The summed E-state index contributed by atoms with van der Waals surface area (Å²) in [6.45, 7) is 8.88. The molecule has 0 aliphatic carbocycles. The van der Waals surface area contributed by atoms with E-state index in [-0.39, 0.29) is 23.5 Å². The van der Waals surface area contributed by atoms with Crippen LogP contribution in [0.5, 0.6) is 0 Å². The van der Waals surface area contributed by atoms with Crippen LogP contribution in [0.3, 0.4) is 0 Å². The van der Waals surface area contributed by atoms with E-state index in [2.05, 4.69) is 149 Å². The van der Waals surface area contributed by atoms with Crippen molar-refractivity contribution in [2.75, 3.05) is 0 Å². The molecule has 4 aromatic carbocycles. The Hall–Kier alpha value is -2.34. The molecule has 1 aliphatic rings. The summed E-state index contributed by atoms with van der Waals surface area (Å²) < 4.78 is 13.6. The van der Waals surface area contributed by atoms with Crippen molar-refractivity contribution in [3.63, 3.8) is 0 Å². The Morgan fingerprint density at radius 3 is 0.973 bits per heavy atom. The molecule has 0 bridgehead atoms. The van der Waals surface area contributed by atoms with Gasteiger partial charge in [0, 0.05) is 11.3 Å². The van der Waals surface area contributed by atoms with Crippen LogP contribution in [-0.2, 0) is 9.47 Å². The molecular formula is C33H36O2P2. The summed E-state index contributed by atoms with van der Waals surface area (Å²) in [6, 6.07) is 43.8. The van der Waals surface area contributed by atoms with Gasteiger partial charge < -0.3 is 9.47 Å². The molecule has 0 unspecified atom stereocenters. The van der Waals surface area contributed by atoms with Gasteiger partial charge in [-0.3, -0.25) is 0 Å². The van der Waals surface area contributed by atoms with Crippen molar-refractivity contribution >= 4 is 37.1 Å². The van der Waals surface area contributed by atoms with Gasteiger partial charge in [-0.25, -0.2) is 0 Å². The Bertz CT molecular complexity index is 1070. The van der Waals surface area contributed by atoms with Gasteiger partial charge in [-0.1, -0.05) is 135 Å². The lowest BCUT2D eigenvalue weighted by Crippen LogP contribution is -2.42. The van der Waals surface area contributed by atoms with Gasteiger partial charge in [-0.05, 0) is 50.9 Å². The fourth-order valence-corrected chi connectivity index (χ4v) is 10.9. The molecule has 4 atom stereocenters. The molecule has 37 heavy (non-hydrogen) atoms. The number of ether oxygens (including phenoxy) is 2. The maximum Gasteiger partial charge on any atom is 0.163 e. The molecule has 0 aromatic heterocycles.